The molecule has 2 aromatic rings. The van der Waals surface area contributed by atoms with Gasteiger partial charge in [0.05, 0.1) is 13.2 Å². The van der Waals surface area contributed by atoms with Gasteiger partial charge in [-0.25, -0.2) is 4.98 Å². The molecule has 6 nitrogen and oxygen atoms in total. The zero-order valence-electron chi connectivity index (χ0n) is 18.8. The zero-order chi connectivity index (χ0) is 22.1. The van der Waals surface area contributed by atoms with Crippen LogP contribution in [0.5, 0.6) is 11.5 Å². The van der Waals surface area contributed by atoms with E-state index in [0.717, 1.165) is 36.0 Å². The van der Waals surface area contributed by atoms with Gasteiger partial charge in [0.25, 0.3) is 0 Å². The lowest BCUT2D eigenvalue weighted by Crippen LogP contribution is -2.33. The molecule has 1 amide bonds. The molecule has 1 aliphatic heterocycles. The van der Waals surface area contributed by atoms with Crippen molar-refractivity contribution in [3.05, 3.63) is 53.7 Å². The van der Waals surface area contributed by atoms with Crippen molar-refractivity contribution in [2.75, 3.05) is 31.2 Å². The quantitative estimate of drug-likeness (QED) is 0.604. The lowest BCUT2D eigenvalue weighted by atomic mass is 9.99. The Labute approximate surface area is 185 Å². The molecule has 1 saturated heterocycles. The number of hydrogen-bond donors (Lipinski definition) is 1. The van der Waals surface area contributed by atoms with E-state index in [2.05, 4.69) is 22.1 Å². The van der Waals surface area contributed by atoms with Crippen LogP contribution in [0.2, 0.25) is 0 Å². The lowest BCUT2D eigenvalue weighted by Gasteiger charge is -2.31. The van der Waals surface area contributed by atoms with Crippen molar-refractivity contribution >= 4 is 17.8 Å². The first kappa shape index (κ1) is 22.7. The summed E-state index contributed by atoms with van der Waals surface area (Å²) in [4.78, 5) is 19.1. The average Bonchev–Trinajstić information content (AvgIpc) is 2.79. The van der Waals surface area contributed by atoms with Gasteiger partial charge in [-0.05, 0) is 68.0 Å². The number of piperidine rings is 1. The van der Waals surface area contributed by atoms with E-state index >= 15 is 0 Å². The van der Waals surface area contributed by atoms with Crippen molar-refractivity contribution in [3.63, 3.8) is 0 Å². The van der Waals surface area contributed by atoms with Crippen molar-refractivity contribution in [2.24, 2.45) is 5.92 Å². The third-order valence-corrected chi connectivity index (χ3v) is 5.38. The van der Waals surface area contributed by atoms with Gasteiger partial charge in [0.1, 0.15) is 5.82 Å². The summed E-state index contributed by atoms with van der Waals surface area (Å²) in [6.07, 6.45) is 7.57. The van der Waals surface area contributed by atoms with Crippen LogP contribution in [0.15, 0.2) is 42.6 Å². The predicted octanol–water partition coefficient (Wildman–Crippen LogP) is 4.44. The largest absolute Gasteiger partial charge is 0.490 e. The van der Waals surface area contributed by atoms with Gasteiger partial charge >= 0.3 is 0 Å². The van der Waals surface area contributed by atoms with Gasteiger partial charge in [-0.2, -0.15) is 0 Å². The number of benzene rings is 1. The highest BCUT2D eigenvalue weighted by atomic mass is 16.5. The third kappa shape index (κ3) is 6.74. The van der Waals surface area contributed by atoms with E-state index in [1.54, 1.807) is 6.08 Å². The van der Waals surface area contributed by atoms with E-state index in [0.29, 0.717) is 31.3 Å². The minimum absolute atomic E-state index is 0.152. The molecule has 3 rings (SSSR count). The Balaban J connectivity index is 1.51. The summed E-state index contributed by atoms with van der Waals surface area (Å²) in [5.74, 6) is 3.05. The van der Waals surface area contributed by atoms with E-state index in [9.17, 15) is 4.79 Å². The normalized spacial score (nSPS) is 14.6. The number of rotatable bonds is 9. The van der Waals surface area contributed by atoms with E-state index < -0.39 is 0 Å². The predicted molar refractivity (Wildman–Crippen MR) is 125 cm³/mol. The summed E-state index contributed by atoms with van der Waals surface area (Å²) < 4.78 is 11.2. The summed E-state index contributed by atoms with van der Waals surface area (Å²) in [5, 5.41) is 2.91. The number of pyridine rings is 1. The van der Waals surface area contributed by atoms with Crippen LogP contribution in [0.1, 0.15) is 44.7 Å². The van der Waals surface area contributed by atoms with Gasteiger partial charge in [-0.3, -0.25) is 4.79 Å². The second-order valence-corrected chi connectivity index (χ2v) is 7.82. The molecular formula is C25H33N3O3. The van der Waals surface area contributed by atoms with Gasteiger partial charge in [-0.1, -0.05) is 19.1 Å². The maximum atomic E-state index is 12.2. The number of carbonyl (C=O) groups is 1. The number of nitrogens with one attached hydrogen (secondary N) is 1. The molecule has 2 heterocycles. The highest BCUT2D eigenvalue weighted by molar-refractivity contribution is 5.91. The standard InChI is InChI=1S/C25H33N3O3/c1-4-30-22-9-6-20(16-23(22)31-5-2)8-11-25(29)27-18-21-7-10-24(26-17-21)28-14-12-19(3)13-15-28/h6-11,16-17,19H,4-5,12-15,18H2,1-3H3,(H,27,29)/b11-8+. The number of amides is 1. The molecule has 1 fully saturated rings. The Morgan fingerprint density at radius 1 is 1.13 bits per heavy atom. The second-order valence-electron chi connectivity index (χ2n) is 7.82. The smallest absolute Gasteiger partial charge is 0.244 e. The van der Waals surface area contributed by atoms with Crippen LogP contribution < -0.4 is 19.7 Å². The van der Waals surface area contributed by atoms with Crippen LogP contribution in [-0.2, 0) is 11.3 Å². The minimum Gasteiger partial charge on any atom is -0.490 e. The Morgan fingerprint density at radius 3 is 2.55 bits per heavy atom. The monoisotopic (exact) mass is 423 g/mol. The summed E-state index contributed by atoms with van der Waals surface area (Å²) in [7, 11) is 0. The maximum absolute atomic E-state index is 12.2. The average molecular weight is 424 g/mol. The Kier molecular flexibility index (Phi) is 8.33. The molecule has 0 unspecified atom stereocenters. The fraction of sp³-hybridized carbons (Fsp3) is 0.440. The SMILES string of the molecule is CCOc1ccc(/C=C/C(=O)NCc2ccc(N3CCC(C)CC3)nc2)cc1OCC. The van der Waals surface area contributed by atoms with Crippen LogP contribution in [0.25, 0.3) is 6.08 Å². The number of nitrogens with zero attached hydrogens (tertiary/aromatic N) is 2. The van der Waals surface area contributed by atoms with Gasteiger partial charge in [0.15, 0.2) is 11.5 Å². The molecule has 1 aliphatic rings. The Hall–Kier alpha value is -3.02. The maximum Gasteiger partial charge on any atom is 0.244 e. The third-order valence-electron chi connectivity index (χ3n) is 5.38. The number of aromatic nitrogens is 1. The molecule has 0 atom stereocenters. The van der Waals surface area contributed by atoms with Crippen molar-refractivity contribution in [1.29, 1.82) is 0 Å². The molecule has 0 aliphatic carbocycles. The molecule has 1 aromatic carbocycles. The fourth-order valence-electron chi connectivity index (χ4n) is 3.54. The topological polar surface area (TPSA) is 63.7 Å². The molecule has 0 radical (unpaired) electrons. The number of anilines is 1. The first-order chi connectivity index (χ1) is 15.1. The summed E-state index contributed by atoms with van der Waals surface area (Å²) >= 11 is 0. The van der Waals surface area contributed by atoms with Crippen molar-refractivity contribution in [2.45, 2.75) is 40.2 Å². The molecule has 0 spiro atoms. The highest BCUT2D eigenvalue weighted by Gasteiger charge is 2.16. The molecule has 0 saturated carbocycles. The first-order valence-electron chi connectivity index (χ1n) is 11.1. The van der Waals surface area contributed by atoms with Crippen LogP contribution in [0.3, 0.4) is 0 Å². The van der Waals surface area contributed by atoms with E-state index in [-0.39, 0.29) is 5.91 Å². The van der Waals surface area contributed by atoms with Gasteiger partial charge in [0.2, 0.25) is 5.91 Å². The fourth-order valence-corrected chi connectivity index (χ4v) is 3.54. The second kappa shape index (κ2) is 11.4. The number of hydrogen-bond acceptors (Lipinski definition) is 5. The number of carbonyl (C=O) groups excluding carboxylic acids is 1. The van der Waals surface area contributed by atoms with E-state index in [1.807, 2.05) is 50.4 Å². The van der Waals surface area contributed by atoms with Crippen molar-refractivity contribution in [1.82, 2.24) is 10.3 Å². The first-order valence-corrected chi connectivity index (χ1v) is 11.1. The Morgan fingerprint density at radius 2 is 1.87 bits per heavy atom. The lowest BCUT2D eigenvalue weighted by molar-refractivity contribution is -0.116. The molecule has 6 heteroatoms. The van der Waals surface area contributed by atoms with Gasteiger partial charge in [0, 0.05) is 31.9 Å². The van der Waals surface area contributed by atoms with Crippen LogP contribution >= 0.6 is 0 Å². The molecule has 1 N–H and O–H groups in total. The summed E-state index contributed by atoms with van der Waals surface area (Å²) in [6, 6.07) is 9.72. The summed E-state index contributed by atoms with van der Waals surface area (Å²) in [6.45, 7) is 9.87. The van der Waals surface area contributed by atoms with Crippen LogP contribution in [-0.4, -0.2) is 37.2 Å². The molecule has 1 aromatic heterocycles. The van der Waals surface area contributed by atoms with Crippen molar-refractivity contribution in [3.8, 4) is 11.5 Å². The van der Waals surface area contributed by atoms with Gasteiger partial charge in [-0.15, -0.1) is 0 Å². The van der Waals surface area contributed by atoms with Gasteiger partial charge < -0.3 is 19.7 Å². The molecule has 0 bridgehead atoms. The molecular weight excluding hydrogens is 390 g/mol. The van der Waals surface area contributed by atoms with Crippen LogP contribution in [0, 0.1) is 5.92 Å². The summed E-state index contributed by atoms with van der Waals surface area (Å²) in [5.41, 5.74) is 1.86. The number of ether oxygens (including phenoxy) is 2. The van der Waals surface area contributed by atoms with E-state index in [4.69, 9.17) is 9.47 Å². The highest BCUT2D eigenvalue weighted by Crippen LogP contribution is 2.29. The zero-order valence-corrected chi connectivity index (χ0v) is 18.8. The van der Waals surface area contributed by atoms with Crippen LogP contribution in [0.4, 0.5) is 5.82 Å². The van der Waals surface area contributed by atoms with Crippen molar-refractivity contribution < 1.29 is 14.3 Å². The van der Waals surface area contributed by atoms with E-state index in [1.165, 1.54) is 18.9 Å². The molecule has 166 valence electrons. The molecule has 31 heavy (non-hydrogen) atoms. The Bertz CT molecular complexity index is 872. The minimum atomic E-state index is -0.152.